The number of hydrogen-bond acceptors (Lipinski definition) is 12. The molecule has 0 amide bonds. The van der Waals surface area contributed by atoms with E-state index in [-0.39, 0.29) is 0 Å². The second kappa shape index (κ2) is 11.9. The largest absolute Gasteiger partial charge is 0.235 e. The first kappa shape index (κ1) is 28.2. The average molecular weight is 667 g/mol. The van der Waals surface area contributed by atoms with Gasteiger partial charge in [-0.2, -0.15) is 20.7 Å². The molecule has 0 fully saturated rings. The van der Waals surface area contributed by atoms with Crippen molar-refractivity contribution in [2.45, 2.75) is 0 Å². The summed E-state index contributed by atoms with van der Waals surface area (Å²) in [4.78, 5) is 9.57. The third kappa shape index (κ3) is 5.04. The molecule has 0 atom stereocenters. The third-order valence-electron chi connectivity index (χ3n) is 7.00. The van der Waals surface area contributed by atoms with Gasteiger partial charge in [-0.15, -0.1) is 22.7 Å². The Balaban J connectivity index is 1.25. The molecule has 0 saturated heterocycles. The highest BCUT2D eigenvalue weighted by molar-refractivity contribution is 8.28. The van der Waals surface area contributed by atoms with Crippen molar-refractivity contribution in [3.8, 4) is 12.1 Å². The van der Waals surface area contributed by atoms with Crippen LogP contribution in [-0.4, -0.2) is 20.1 Å². The summed E-state index contributed by atoms with van der Waals surface area (Å²) < 4.78 is 2.01. The number of allylic oxidation sites excluding steroid dienone is 2. The summed E-state index contributed by atoms with van der Waals surface area (Å²) in [6.45, 7) is 0. The van der Waals surface area contributed by atoms with Crippen LogP contribution in [0.5, 0.6) is 0 Å². The van der Waals surface area contributed by atoms with Crippen LogP contribution < -0.4 is 10.0 Å². The Hall–Kier alpha value is -5.24. The maximum atomic E-state index is 10.5. The van der Waals surface area contributed by atoms with E-state index in [9.17, 15) is 10.5 Å². The van der Waals surface area contributed by atoms with Gasteiger partial charge in [0.05, 0.1) is 31.8 Å². The molecule has 8 rings (SSSR count). The molecule has 12 heteroatoms. The molecule has 218 valence electrons. The van der Waals surface area contributed by atoms with E-state index in [1.54, 1.807) is 10.0 Å². The van der Waals surface area contributed by atoms with Gasteiger partial charge in [-0.3, -0.25) is 0 Å². The van der Waals surface area contributed by atoms with E-state index >= 15 is 0 Å². The minimum absolute atomic E-state index is 0.431. The fourth-order valence-corrected chi connectivity index (χ4v) is 9.01. The molecule has 0 aliphatic carbocycles. The molecule has 6 aromatic rings. The summed E-state index contributed by atoms with van der Waals surface area (Å²) in [6.07, 6.45) is 0. The molecular weight excluding hydrogens is 649 g/mol. The fraction of sp³-hybridized carbons (Fsp3) is 0. The van der Waals surface area contributed by atoms with E-state index in [0.29, 0.717) is 41.3 Å². The Morgan fingerprint density at radius 1 is 0.522 bits per heavy atom. The molecule has 2 aliphatic heterocycles. The maximum absolute atomic E-state index is 10.5. The van der Waals surface area contributed by atoms with Gasteiger partial charge in [0, 0.05) is 0 Å². The molecule has 0 N–H and O–H groups in total. The van der Waals surface area contributed by atoms with E-state index < -0.39 is 0 Å². The molecule has 0 unspecified atom stereocenters. The molecular formula is C34H18N8S4. The van der Waals surface area contributed by atoms with Crippen LogP contribution in [-0.2, 0) is 0 Å². The second-order valence-electron chi connectivity index (χ2n) is 9.87. The number of anilines is 2. The number of hydrogen-bond donors (Lipinski definition) is 0. The first-order valence-corrected chi connectivity index (χ1v) is 17.2. The molecule has 2 aromatic heterocycles. The topological polar surface area (TPSA) is 105 Å². The zero-order chi connectivity index (χ0) is 31.0. The Kier molecular flexibility index (Phi) is 7.33. The van der Waals surface area contributed by atoms with Crippen molar-refractivity contribution in [2.24, 2.45) is 10.2 Å². The zero-order valence-corrected chi connectivity index (χ0v) is 26.9. The number of nitrogens with zero attached hydrogens (tertiary/aromatic N) is 8. The highest BCUT2D eigenvalue weighted by Crippen LogP contribution is 2.46. The van der Waals surface area contributed by atoms with Crippen molar-refractivity contribution in [3.05, 3.63) is 129 Å². The number of rotatable bonds is 5. The van der Waals surface area contributed by atoms with Gasteiger partial charge in [0.2, 0.25) is 0 Å². The number of hydrazone groups is 2. The number of aromatic nitrogens is 2. The molecule has 8 nitrogen and oxygen atoms in total. The monoisotopic (exact) mass is 666 g/mol. The van der Waals surface area contributed by atoms with Crippen molar-refractivity contribution in [1.82, 2.24) is 9.97 Å². The van der Waals surface area contributed by atoms with Gasteiger partial charge in [0.25, 0.3) is 0 Å². The lowest BCUT2D eigenvalue weighted by molar-refractivity contribution is 1.07. The lowest BCUT2D eigenvalue weighted by atomic mass is 10.3. The van der Waals surface area contributed by atoms with Gasteiger partial charge in [-0.25, -0.2) is 20.0 Å². The van der Waals surface area contributed by atoms with E-state index in [0.717, 1.165) is 31.8 Å². The normalized spacial score (nSPS) is 16.7. The van der Waals surface area contributed by atoms with Crippen molar-refractivity contribution < 1.29 is 0 Å². The quantitative estimate of drug-likeness (QED) is 0.168. The summed E-state index contributed by atoms with van der Waals surface area (Å²) >= 11 is 5.69. The van der Waals surface area contributed by atoms with E-state index in [2.05, 4.69) is 12.1 Å². The van der Waals surface area contributed by atoms with Gasteiger partial charge in [-0.1, -0.05) is 60.7 Å². The van der Waals surface area contributed by atoms with E-state index in [1.807, 2.05) is 109 Å². The van der Waals surface area contributed by atoms with Crippen LogP contribution in [0.4, 0.5) is 11.4 Å². The van der Waals surface area contributed by atoms with Gasteiger partial charge >= 0.3 is 0 Å². The highest BCUT2D eigenvalue weighted by Gasteiger charge is 2.37. The average Bonchev–Trinajstić information content (AvgIpc) is 3.91. The van der Waals surface area contributed by atoms with Gasteiger partial charge < -0.3 is 0 Å². The number of thiazole rings is 2. The fourth-order valence-electron chi connectivity index (χ4n) is 4.89. The molecule has 0 spiro atoms. The Morgan fingerprint density at radius 3 is 1.30 bits per heavy atom. The minimum atomic E-state index is 0.431. The first-order valence-electron chi connectivity index (χ1n) is 13.9. The SMILES string of the molecule is N#C/C(=C1\SC(C2=NN(c3ccccc3)/C(=C(/C#N)c3nc4ccccc4s3)S2)=NN1c1ccccc1)c1nc2ccccc2s1. The van der Waals surface area contributed by atoms with Crippen molar-refractivity contribution >= 4 is 99.2 Å². The lowest BCUT2D eigenvalue weighted by Crippen LogP contribution is -2.11. The maximum Gasteiger partial charge on any atom is 0.158 e. The molecule has 4 aromatic carbocycles. The van der Waals surface area contributed by atoms with Crippen LogP contribution >= 0.6 is 46.2 Å². The molecule has 0 saturated carbocycles. The van der Waals surface area contributed by atoms with Crippen LogP contribution in [0.25, 0.3) is 31.6 Å². The Bertz CT molecular complexity index is 2130. The number of para-hydroxylation sites is 4. The first-order chi connectivity index (χ1) is 22.7. The zero-order valence-electron chi connectivity index (χ0n) is 23.6. The number of thioether (sulfide) groups is 2. The third-order valence-corrected chi connectivity index (χ3v) is 11.3. The summed E-state index contributed by atoms with van der Waals surface area (Å²) in [7, 11) is 0. The molecule has 4 heterocycles. The Morgan fingerprint density at radius 2 is 0.913 bits per heavy atom. The second-order valence-corrected chi connectivity index (χ2v) is 13.9. The van der Waals surface area contributed by atoms with E-state index in [1.165, 1.54) is 46.2 Å². The summed E-state index contributed by atoms with van der Waals surface area (Å²) in [5.41, 5.74) is 4.16. The van der Waals surface area contributed by atoms with Crippen LogP contribution in [0, 0.1) is 22.7 Å². The van der Waals surface area contributed by atoms with E-state index in [4.69, 9.17) is 20.2 Å². The predicted molar refractivity (Wildman–Crippen MR) is 192 cm³/mol. The Labute approximate surface area is 279 Å². The van der Waals surface area contributed by atoms with Crippen LogP contribution in [0.1, 0.15) is 10.0 Å². The summed E-state index contributed by atoms with van der Waals surface area (Å²) in [5.74, 6) is 0. The lowest BCUT2D eigenvalue weighted by Gasteiger charge is -2.16. The molecule has 0 bridgehead atoms. The minimum Gasteiger partial charge on any atom is -0.235 e. The molecule has 46 heavy (non-hydrogen) atoms. The van der Waals surface area contributed by atoms with Crippen LogP contribution in [0.2, 0.25) is 0 Å². The van der Waals surface area contributed by atoms with Crippen molar-refractivity contribution in [3.63, 3.8) is 0 Å². The predicted octanol–water partition coefficient (Wildman–Crippen LogP) is 9.12. The summed E-state index contributed by atoms with van der Waals surface area (Å²) in [5, 5.41) is 38.3. The van der Waals surface area contributed by atoms with Gasteiger partial charge in [0.1, 0.15) is 43.4 Å². The van der Waals surface area contributed by atoms with Gasteiger partial charge in [0.15, 0.2) is 10.1 Å². The molecule has 0 radical (unpaired) electrons. The number of fused-ring (bicyclic) bond motifs is 2. The molecule has 2 aliphatic rings. The highest BCUT2D eigenvalue weighted by atomic mass is 32.2. The summed E-state index contributed by atoms with van der Waals surface area (Å²) in [6, 6.07) is 40.0. The smallest absolute Gasteiger partial charge is 0.158 e. The standard InChI is InChI=1S/C34H18N8S4/c35-19-23(29-37-25-15-7-9-17-27(25)43-29)33-41(21-11-3-1-4-12-21)39-31(45-33)32-40-42(22-13-5-2-6-14-22)34(46-32)24(20-36)30-38-26-16-8-10-18-28(26)44-30/h1-18H/b33-23+,34-24+. The van der Waals surface area contributed by atoms with Crippen LogP contribution in [0.3, 0.4) is 0 Å². The number of benzene rings is 4. The van der Waals surface area contributed by atoms with Crippen molar-refractivity contribution in [1.29, 1.82) is 10.5 Å². The van der Waals surface area contributed by atoms with Crippen molar-refractivity contribution in [2.75, 3.05) is 10.0 Å². The number of nitriles is 2. The van der Waals surface area contributed by atoms with Crippen LogP contribution in [0.15, 0.2) is 129 Å². The van der Waals surface area contributed by atoms with Gasteiger partial charge in [-0.05, 0) is 72.1 Å².